The van der Waals surface area contributed by atoms with Gasteiger partial charge in [-0.15, -0.1) is 0 Å². The van der Waals surface area contributed by atoms with Crippen molar-refractivity contribution in [3.63, 3.8) is 0 Å². The highest BCUT2D eigenvalue weighted by molar-refractivity contribution is 4.85. The lowest BCUT2D eigenvalue weighted by Gasteiger charge is -2.07. The second-order valence-corrected chi connectivity index (χ2v) is 1.63. The first-order chi connectivity index (χ1) is 4.35. The van der Waals surface area contributed by atoms with Crippen LogP contribution < -0.4 is 5.73 Å². The third-order valence-electron chi connectivity index (χ3n) is 0.999. The molecule has 0 fully saturated rings. The molecule has 0 aromatic carbocycles. The second kappa shape index (κ2) is 5.22. The molecule has 2 heteroatoms. The Labute approximate surface area is 56.0 Å². The van der Waals surface area contributed by atoms with Crippen LogP contribution in [0.5, 0.6) is 0 Å². The minimum atomic E-state index is 0.0903. The zero-order chi connectivity index (χ0) is 7.11. The SMILES string of the molecule is C=COC(/C=C\N)CC. The maximum absolute atomic E-state index is 5.14. The molecule has 0 saturated heterocycles. The third-order valence-corrected chi connectivity index (χ3v) is 0.999. The van der Waals surface area contributed by atoms with Crippen LogP contribution in [-0.4, -0.2) is 6.10 Å². The van der Waals surface area contributed by atoms with E-state index in [1.165, 1.54) is 12.5 Å². The van der Waals surface area contributed by atoms with Crippen molar-refractivity contribution in [2.24, 2.45) is 5.73 Å². The summed E-state index contributed by atoms with van der Waals surface area (Å²) < 4.78 is 5.03. The maximum atomic E-state index is 5.14. The van der Waals surface area contributed by atoms with Gasteiger partial charge in [-0.2, -0.15) is 0 Å². The van der Waals surface area contributed by atoms with Gasteiger partial charge in [-0.05, 0) is 18.7 Å². The normalized spacial score (nSPS) is 13.4. The van der Waals surface area contributed by atoms with E-state index in [0.29, 0.717) is 0 Å². The van der Waals surface area contributed by atoms with Gasteiger partial charge in [0, 0.05) is 0 Å². The van der Waals surface area contributed by atoms with Crippen molar-refractivity contribution in [2.75, 3.05) is 0 Å². The topological polar surface area (TPSA) is 35.2 Å². The zero-order valence-corrected chi connectivity index (χ0v) is 5.71. The number of hydrogen-bond donors (Lipinski definition) is 1. The van der Waals surface area contributed by atoms with E-state index >= 15 is 0 Å². The Hall–Kier alpha value is -0.920. The van der Waals surface area contributed by atoms with Crippen molar-refractivity contribution in [1.29, 1.82) is 0 Å². The Morgan fingerprint density at radius 3 is 2.78 bits per heavy atom. The van der Waals surface area contributed by atoms with Gasteiger partial charge in [-0.3, -0.25) is 0 Å². The highest BCUT2D eigenvalue weighted by Gasteiger charge is 1.95. The van der Waals surface area contributed by atoms with Gasteiger partial charge in [-0.25, -0.2) is 0 Å². The summed E-state index contributed by atoms with van der Waals surface area (Å²) in [5, 5.41) is 0. The summed E-state index contributed by atoms with van der Waals surface area (Å²) in [7, 11) is 0. The molecule has 0 aromatic heterocycles. The van der Waals surface area contributed by atoms with Gasteiger partial charge in [0.15, 0.2) is 0 Å². The molecule has 0 amide bonds. The molecule has 0 bridgehead atoms. The summed E-state index contributed by atoms with van der Waals surface area (Å²) in [5.41, 5.74) is 5.14. The van der Waals surface area contributed by atoms with Gasteiger partial charge >= 0.3 is 0 Å². The fraction of sp³-hybridized carbons (Fsp3) is 0.429. The molecule has 9 heavy (non-hydrogen) atoms. The summed E-state index contributed by atoms with van der Waals surface area (Å²) in [4.78, 5) is 0. The molecule has 0 heterocycles. The van der Waals surface area contributed by atoms with E-state index in [0.717, 1.165) is 6.42 Å². The van der Waals surface area contributed by atoms with Crippen LogP contribution in [0.1, 0.15) is 13.3 Å². The Morgan fingerprint density at radius 1 is 1.78 bits per heavy atom. The molecule has 2 N–H and O–H groups in total. The maximum Gasteiger partial charge on any atom is 0.117 e. The van der Waals surface area contributed by atoms with E-state index in [9.17, 15) is 0 Å². The third kappa shape index (κ3) is 3.64. The summed E-state index contributed by atoms with van der Waals surface area (Å²) >= 11 is 0. The molecule has 0 radical (unpaired) electrons. The molecule has 0 spiro atoms. The molecule has 1 atom stereocenters. The van der Waals surface area contributed by atoms with Gasteiger partial charge < -0.3 is 10.5 Å². The zero-order valence-electron chi connectivity index (χ0n) is 5.71. The first-order valence-electron chi connectivity index (χ1n) is 3.00. The quantitative estimate of drug-likeness (QED) is 0.579. The summed E-state index contributed by atoms with van der Waals surface area (Å²) in [5.74, 6) is 0. The van der Waals surface area contributed by atoms with E-state index in [1.807, 2.05) is 6.92 Å². The van der Waals surface area contributed by atoms with E-state index in [4.69, 9.17) is 10.5 Å². The van der Waals surface area contributed by atoms with Crippen molar-refractivity contribution >= 4 is 0 Å². The number of ether oxygens (including phenoxy) is 1. The Bertz CT molecular complexity index is 99.1. The van der Waals surface area contributed by atoms with Crippen LogP contribution in [0.4, 0.5) is 0 Å². The van der Waals surface area contributed by atoms with E-state index < -0.39 is 0 Å². The van der Waals surface area contributed by atoms with E-state index in [-0.39, 0.29) is 6.10 Å². The van der Waals surface area contributed by atoms with Crippen LogP contribution in [-0.2, 0) is 4.74 Å². The summed E-state index contributed by atoms with van der Waals surface area (Å²) in [6, 6.07) is 0. The molecule has 0 aliphatic rings. The number of nitrogens with two attached hydrogens (primary N) is 1. The molecule has 0 saturated carbocycles. The molecule has 1 unspecified atom stereocenters. The fourth-order valence-corrected chi connectivity index (χ4v) is 0.525. The predicted octanol–water partition coefficient (Wildman–Crippen LogP) is 1.40. The molecule has 0 aliphatic heterocycles. The van der Waals surface area contributed by atoms with Crippen LogP contribution >= 0.6 is 0 Å². The van der Waals surface area contributed by atoms with Gasteiger partial charge in [0.2, 0.25) is 0 Å². The predicted molar refractivity (Wildman–Crippen MR) is 38.7 cm³/mol. The van der Waals surface area contributed by atoms with Crippen LogP contribution in [0.3, 0.4) is 0 Å². The van der Waals surface area contributed by atoms with Gasteiger partial charge in [0.05, 0.1) is 6.26 Å². The van der Waals surface area contributed by atoms with Crippen molar-refractivity contribution in [2.45, 2.75) is 19.4 Å². The Kier molecular flexibility index (Phi) is 4.69. The lowest BCUT2D eigenvalue weighted by atomic mass is 10.3. The molecule has 0 aromatic rings. The summed E-state index contributed by atoms with van der Waals surface area (Å²) in [6.07, 6.45) is 5.71. The number of hydrogen-bond acceptors (Lipinski definition) is 2. The Morgan fingerprint density at radius 2 is 2.44 bits per heavy atom. The Balaban J connectivity index is 3.53. The van der Waals surface area contributed by atoms with Crippen LogP contribution in [0.15, 0.2) is 25.1 Å². The minimum absolute atomic E-state index is 0.0903. The molecule has 0 rings (SSSR count). The average molecular weight is 127 g/mol. The first kappa shape index (κ1) is 8.08. The van der Waals surface area contributed by atoms with Crippen LogP contribution in [0.2, 0.25) is 0 Å². The lowest BCUT2D eigenvalue weighted by molar-refractivity contribution is 0.184. The standard InChI is InChI=1S/C7H13NO/c1-3-7(5-6-8)9-4-2/h4-7H,2-3,8H2,1H3/b6-5-. The largest absolute Gasteiger partial charge is 0.495 e. The monoisotopic (exact) mass is 127 g/mol. The van der Waals surface area contributed by atoms with Crippen molar-refractivity contribution in [3.05, 3.63) is 25.1 Å². The van der Waals surface area contributed by atoms with E-state index in [2.05, 4.69) is 6.58 Å². The smallest absolute Gasteiger partial charge is 0.117 e. The average Bonchev–Trinajstić information content (AvgIpc) is 1.88. The molecule has 52 valence electrons. The highest BCUT2D eigenvalue weighted by Crippen LogP contribution is 1.98. The van der Waals surface area contributed by atoms with Crippen molar-refractivity contribution < 1.29 is 4.74 Å². The first-order valence-corrected chi connectivity index (χ1v) is 3.00. The highest BCUT2D eigenvalue weighted by atomic mass is 16.5. The fourth-order valence-electron chi connectivity index (χ4n) is 0.525. The molecular formula is C7H13NO. The second-order valence-electron chi connectivity index (χ2n) is 1.63. The van der Waals surface area contributed by atoms with Gasteiger partial charge in [0.25, 0.3) is 0 Å². The number of rotatable bonds is 4. The van der Waals surface area contributed by atoms with Crippen LogP contribution in [0.25, 0.3) is 0 Å². The lowest BCUT2D eigenvalue weighted by Crippen LogP contribution is -2.03. The molecule has 2 nitrogen and oxygen atoms in total. The van der Waals surface area contributed by atoms with Crippen molar-refractivity contribution in [3.8, 4) is 0 Å². The van der Waals surface area contributed by atoms with Gasteiger partial charge in [-0.1, -0.05) is 13.5 Å². The van der Waals surface area contributed by atoms with Crippen molar-refractivity contribution in [1.82, 2.24) is 0 Å². The molecular weight excluding hydrogens is 114 g/mol. The van der Waals surface area contributed by atoms with E-state index in [1.54, 1.807) is 6.08 Å². The van der Waals surface area contributed by atoms with Gasteiger partial charge in [0.1, 0.15) is 6.10 Å². The molecule has 0 aliphatic carbocycles. The minimum Gasteiger partial charge on any atom is -0.495 e. The van der Waals surface area contributed by atoms with Crippen LogP contribution in [0, 0.1) is 0 Å². The summed E-state index contributed by atoms with van der Waals surface area (Å²) in [6.45, 7) is 5.46.